The fourth-order valence-corrected chi connectivity index (χ4v) is 2.93. The van der Waals surface area contributed by atoms with Gasteiger partial charge in [-0.3, -0.25) is 14.2 Å². The van der Waals surface area contributed by atoms with Crippen molar-refractivity contribution in [2.24, 2.45) is 5.73 Å². The lowest BCUT2D eigenvalue weighted by Crippen LogP contribution is -2.18. The monoisotopic (exact) mass is 315 g/mol. The molecule has 0 aromatic carbocycles. The van der Waals surface area contributed by atoms with Crippen LogP contribution in [0.5, 0.6) is 0 Å². The van der Waals surface area contributed by atoms with E-state index in [1.54, 1.807) is 0 Å². The SMILES string of the molecule is NC(=O)Cn1cc(NS(=O)(=O)c2cccnc2Cl)cn1. The topological polar surface area (TPSA) is 120 Å². The number of nitrogens with one attached hydrogen (secondary N) is 1. The van der Waals surface area contributed by atoms with Gasteiger partial charge in [-0.1, -0.05) is 11.6 Å². The minimum atomic E-state index is -3.87. The maximum Gasteiger partial charge on any atom is 0.265 e. The lowest BCUT2D eigenvalue weighted by Gasteiger charge is -2.06. The molecule has 0 aliphatic rings. The maximum absolute atomic E-state index is 12.1. The molecule has 0 atom stereocenters. The number of carbonyl (C=O) groups excluding carboxylic acids is 1. The van der Waals surface area contributed by atoms with Gasteiger partial charge in [0.1, 0.15) is 16.6 Å². The van der Waals surface area contributed by atoms with E-state index in [1.807, 2.05) is 0 Å². The van der Waals surface area contributed by atoms with E-state index in [-0.39, 0.29) is 22.3 Å². The Morgan fingerprint density at radius 3 is 2.90 bits per heavy atom. The Labute approximate surface area is 119 Å². The highest BCUT2D eigenvalue weighted by Gasteiger charge is 2.19. The molecule has 2 heterocycles. The molecule has 0 fully saturated rings. The van der Waals surface area contributed by atoms with E-state index in [0.717, 1.165) is 0 Å². The summed E-state index contributed by atoms with van der Waals surface area (Å²) in [5, 5.41) is 3.66. The standard InChI is InChI=1S/C10H10ClN5O3S/c11-10-8(2-1-3-13-10)20(18,19)15-7-4-14-16(5-7)6-9(12)17/h1-5,15H,6H2,(H2,12,17). The van der Waals surface area contributed by atoms with Crippen molar-refractivity contribution < 1.29 is 13.2 Å². The highest BCUT2D eigenvalue weighted by atomic mass is 35.5. The third-order valence-corrected chi connectivity index (χ3v) is 4.04. The first kappa shape index (κ1) is 14.3. The van der Waals surface area contributed by atoms with Crippen LogP contribution >= 0.6 is 11.6 Å². The van der Waals surface area contributed by atoms with Crippen molar-refractivity contribution >= 4 is 33.2 Å². The predicted octanol–water partition coefficient (Wildman–Crippen LogP) is 0.218. The van der Waals surface area contributed by atoms with Gasteiger partial charge in [0.15, 0.2) is 0 Å². The van der Waals surface area contributed by atoms with Crippen LogP contribution in [0.4, 0.5) is 5.69 Å². The Balaban J connectivity index is 2.23. The van der Waals surface area contributed by atoms with Crippen LogP contribution in [0.15, 0.2) is 35.6 Å². The van der Waals surface area contributed by atoms with Crippen molar-refractivity contribution in [2.75, 3.05) is 4.72 Å². The molecule has 0 saturated carbocycles. The summed E-state index contributed by atoms with van der Waals surface area (Å²) in [5.41, 5.74) is 5.19. The van der Waals surface area contributed by atoms with Gasteiger partial charge < -0.3 is 5.73 Å². The minimum absolute atomic E-state index is 0.135. The Bertz CT molecular complexity index is 743. The molecule has 0 bridgehead atoms. The van der Waals surface area contributed by atoms with E-state index >= 15 is 0 Å². The molecule has 1 amide bonds. The number of rotatable bonds is 5. The number of hydrogen-bond acceptors (Lipinski definition) is 5. The minimum Gasteiger partial charge on any atom is -0.368 e. The number of aromatic nitrogens is 3. The summed E-state index contributed by atoms with van der Waals surface area (Å²) in [4.78, 5) is 14.3. The second kappa shape index (κ2) is 5.47. The average molecular weight is 316 g/mol. The van der Waals surface area contributed by atoms with Gasteiger partial charge in [0, 0.05) is 12.4 Å². The normalized spacial score (nSPS) is 11.2. The molecular weight excluding hydrogens is 306 g/mol. The average Bonchev–Trinajstić information content (AvgIpc) is 2.75. The van der Waals surface area contributed by atoms with Crippen molar-refractivity contribution in [2.45, 2.75) is 11.4 Å². The smallest absolute Gasteiger partial charge is 0.265 e. The van der Waals surface area contributed by atoms with Crippen LogP contribution in [-0.4, -0.2) is 29.1 Å². The van der Waals surface area contributed by atoms with E-state index in [1.165, 1.54) is 35.4 Å². The zero-order chi connectivity index (χ0) is 14.8. The van der Waals surface area contributed by atoms with Gasteiger partial charge in [-0.05, 0) is 12.1 Å². The number of nitrogens with zero attached hydrogens (tertiary/aromatic N) is 3. The molecule has 8 nitrogen and oxygen atoms in total. The van der Waals surface area contributed by atoms with Gasteiger partial charge >= 0.3 is 0 Å². The Kier molecular flexibility index (Phi) is 3.91. The van der Waals surface area contributed by atoms with Gasteiger partial charge in [-0.25, -0.2) is 13.4 Å². The summed E-state index contributed by atoms with van der Waals surface area (Å²) in [6.45, 7) is -0.143. The summed E-state index contributed by atoms with van der Waals surface area (Å²) in [6.07, 6.45) is 3.98. The van der Waals surface area contributed by atoms with E-state index in [2.05, 4.69) is 14.8 Å². The number of anilines is 1. The van der Waals surface area contributed by atoms with Gasteiger partial charge in [0.25, 0.3) is 10.0 Å². The van der Waals surface area contributed by atoms with Crippen LogP contribution in [0.1, 0.15) is 0 Å². The lowest BCUT2D eigenvalue weighted by atomic mass is 10.5. The van der Waals surface area contributed by atoms with Gasteiger partial charge in [0.2, 0.25) is 5.91 Å². The molecule has 0 radical (unpaired) electrons. The number of carbonyl (C=O) groups is 1. The van der Waals surface area contributed by atoms with E-state index in [0.29, 0.717) is 0 Å². The molecular formula is C10H10ClN5O3S. The molecule has 0 aliphatic carbocycles. The van der Waals surface area contributed by atoms with Crippen molar-refractivity contribution in [3.63, 3.8) is 0 Å². The molecule has 0 unspecified atom stereocenters. The molecule has 0 saturated heterocycles. The first-order valence-electron chi connectivity index (χ1n) is 5.32. The molecule has 2 rings (SSSR count). The zero-order valence-corrected chi connectivity index (χ0v) is 11.6. The number of amides is 1. The third kappa shape index (κ3) is 3.25. The van der Waals surface area contributed by atoms with Crippen LogP contribution in [0, 0.1) is 0 Å². The molecule has 3 N–H and O–H groups in total. The second-order valence-electron chi connectivity index (χ2n) is 3.79. The molecule has 0 spiro atoms. The number of nitrogens with two attached hydrogens (primary N) is 1. The van der Waals surface area contributed by atoms with Crippen molar-refractivity contribution in [3.05, 3.63) is 35.9 Å². The molecule has 2 aromatic rings. The van der Waals surface area contributed by atoms with Crippen molar-refractivity contribution in [1.29, 1.82) is 0 Å². The summed E-state index contributed by atoms with van der Waals surface area (Å²) < 4.78 is 27.7. The number of primary amides is 1. The first-order valence-corrected chi connectivity index (χ1v) is 7.19. The van der Waals surface area contributed by atoms with Gasteiger partial charge in [0.05, 0.1) is 11.9 Å². The quantitative estimate of drug-likeness (QED) is 0.765. The zero-order valence-electron chi connectivity index (χ0n) is 10.0. The predicted molar refractivity (Wildman–Crippen MR) is 71.5 cm³/mol. The number of sulfonamides is 1. The summed E-state index contributed by atoms with van der Waals surface area (Å²) in [5.74, 6) is -0.585. The maximum atomic E-state index is 12.1. The molecule has 2 aromatic heterocycles. The van der Waals surface area contributed by atoms with Crippen LogP contribution in [0.2, 0.25) is 5.15 Å². The van der Waals surface area contributed by atoms with Crippen molar-refractivity contribution in [3.8, 4) is 0 Å². The Morgan fingerprint density at radius 1 is 1.50 bits per heavy atom. The lowest BCUT2D eigenvalue weighted by molar-refractivity contribution is -0.118. The van der Waals surface area contributed by atoms with Crippen LogP contribution in [0.25, 0.3) is 0 Å². The van der Waals surface area contributed by atoms with Gasteiger partial charge in [-0.2, -0.15) is 5.10 Å². The van der Waals surface area contributed by atoms with Crippen LogP contribution in [0.3, 0.4) is 0 Å². The summed E-state index contributed by atoms with van der Waals surface area (Å²) in [6, 6.07) is 2.78. The fourth-order valence-electron chi connectivity index (χ4n) is 1.44. The van der Waals surface area contributed by atoms with Gasteiger partial charge in [-0.15, -0.1) is 0 Å². The molecule has 20 heavy (non-hydrogen) atoms. The Morgan fingerprint density at radius 2 is 2.25 bits per heavy atom. The molecule has 10 heteroatoms. The van der Waals surface area contributed by atoms with Crippen molar-refractivity contribution in [1.82, 2.24) is 14.8 Å². The molecule has 0 aliphatic heterocycles. The highest BCUT2D eigenvalue weighted by Crippen LogP contribution is 2.20. The number of pyridine rings is 1. The highest BCUT2D eigenvalue weighted by molar-refractivity contribution is 7.92. The first-order chi connectivity index (χ1) is 9.38. The number of hydrogen-bond donors (Lipinski definition) is 2. The fraction of sp³-hybridized carbons (Fsp3) is 0.100. The Hall–Kier alpha value is -2.13. The summed E-state index contributed by atoms with van der Waals surface area (Å²) in [7, 11) is -3.87. The second-order valence-corrected chi connectivity index (χ2v) is 5.80. The van der Waals surface area contributed by atoms with E-state index in [9.17, 15) is 13.2 Å². The van der Waals surface area contributed by atoms with E-state index < -0.39 is 15.9 Å². The number of halogens is 1. The largest absolute Gasteiger partial charge is 0.368 e. The molecule has 106 valence electrons. The third-order valence-electron chi connectivity index (χ3n) is 2.22. The van der Waals surface area contributed by atoms with Crippen LogP contribution in [-0.2, 0) is 21.4 Å². The summed E-state index contributed by atoms with van der Waals surface area (Å²) >= 11 is 5.74. The van der Waals surface area contributed by atoms with Crippen LogP contribution < -0.4 is 10.5 Å². The van der Waals surface area contributed by atoms with E-state index in [4.69, 9.17) is 17.3 Å².